The largest absolute Gasteiger partial charge is 0.491 e. The Morgan fingerprint density at radius 2 is 2.18 bits per heavy atom. The molecule has 0 aliphatic rings. The summed E-state index contributed by atoms with van der Waals surface area (Å²) in [5.74, 6) is 0.925. The molecule has 3 nitrogen and oxygen atoms in total. The highest BCUT2D eigenvalue weighted by atomic mass is 16.5. The van der Waals surface area contributed by atoms with Crippen molar-refractivity contribution >= 4 is 0 Å². The van der Waals surface area contributed by atoms with Crippen molar-refractivity contribution in [2.45, 2.75) is 52.7 Å². The molecular weight excluding hydrogens is 212 g/mol. The molecule has 1 aromatic heterocycles. The summed E-state index contributed by atoms with van der Waals surface area (Å²) in [4.78, 5) is 4.32. The number of aromatic nitrogens is 1. The molecule has 96 valence electrons. The van der Waals surface area contributed by atoms with Crippen molar-refractivity contribution < 1.29 is 4.74 Å². The first-order valence-corrected chi connectivity index (χ1v) is 6.58. The van der Waals surface area contributed by atoms with Gasteiger partial charge in [-0.25, -0.2) is 0 Å². The van der Waals surface area contributed by atoms with Crippen LogP contribution in [0.15, 0.2) is 18.3 Å². The van der Waals surface area contributed by atoms with E-state index in [2.05, 4.69) is 31.1 Å². The molecule has 0 spiro atoms. The quantitative estimate of drug-likeness (QED) is 0.704. The van der Waals surface area contributed by atoms with Gasteiger partial charge in [0.1, 0.15) is 5.75 Å². The monoisotopic (exact) mass is 236 g/mol. The zero-order valence-electron chi connectivity index (χ0n) is 11.2. The zero-order chi connectivity index (χ0) is 12.5. The molecule has 17 heavy (non-hydrogen) atoms. The van der Waals surface area contributed by atoms with E-state index in [4.69, 9.17) is 4.74 Å². The SMILES string of the molecule is CCCNCc1cc(OC(C)CCC)ccn1. The molecule has 0 aromatic carbocycles. The van der Waals surface area contributed by atoms with Crippen molar-refractivity contribution in [3.8, 4) is 5.75 Å². The van der Waals surface area contributed by atoms with Gasteiger partial charge in [0, 0.05) is 18.8 Å². The number of nitrogens with one attached hydrogen (secondary N) is 1. The van der Waals surface area contributed by atoms with Gasteiger partial charge >= 0.3 is 0 Å². The lowest BCUT2D eigenvalue weighted by molar-refractivity contribution is 0.209. The molecule has 0 amide bonds. The summed E-state index contributed by atoms with van der Waals surface area (Å²) in [6, 6.07) is 3.95. The summed E-state index contributed by atoms with van der Waals surface area (Å²) in [5, 5.41) is 3.34. The normalized spacial score (nSPS) is 12.4. The van der Waals surface area contributed by atoms with Crippen LogP contribution in [0.5, 0.6) is 5.75 Å². The van der Waals surface area contributed by atoms with Gasteiger partial charge in [-0.05, 0) is 32.4 Å². The maximum atomic E-state index is 5.83. The lowest BCUT2D eigenvalue weighted by atomic mass is 10.2. The molecule has 1 heterocycles. The first-order valence-electron chi connectivity index (χ1n) is 6.58. The maximum absolute atomic E-state index is 5.83. The smallest absolute Gasteiger partial charge is 0.123 e. The van der Waals surface area contributed by atoms with E-state index in [1.165, 1.54) is 0 Å². The van der Waals surface area contributed by atoms with E-state index in [0.29, 0.717) is 0 Å². The van der Waals surface area contributed by atoms with Crippen LogP contribution in [0.1, 0.15) is 45.7 Å². The second-order valence-electron chi connectivity index (χ2n) is 4.38. The van der Waals surface area contributed by atoms with Crippen molar-refractivity contribution in [1.82, 2.24) is 10.3 Å². The van der Waals surface area contributed by atoms with Gasteiger partial charge in [0.15, 0.2) is 0 Å². The molecule has 0 fully saturated rings. The molecular formula is C14H24N2O. The van der Waals surface area contributed by atoms with Crippen LogP contribution in [-0.4, -0.2) is 17.6 Å². The summed E-state index contributed by atoms with van der Waals surface area (Å²) in [6.45, 7) is 8.28. The van der Waals surface area contributed by atoms with Crippen LogP contribution in [0.2, 0.25) is 0 Å². The van der Waals surface area contributed by atoms with E-state index in [1.54, 1.807) is 0 Å². The average Bonchev–Trinajstić information content (AvgIpc) is 2.30. The van der Waals surface area contributed by atoms with E-state index in [0.717, 1.165) is 43.8 Å². The van der Waals surface area contributed by atoms with E-state index in [1.807, 2.05) is 18.3 Å². The van der Waals surface area contributed by atoms with Crippen molar-refractivity contribution in [2.24, 2.45) is 0 Å². The number of rotatable bonds is 8. The van der Waals surface area contributed by atoms with E-state index < -0.39 is 0 Å². The summed E-state index contributed by atoms with van der Waals surface area (Å²) in [6.07, 6.45) is 5.47. The Labute approximate surface area is 105 Å². The minimum absolute atomic E-state index is 0.277. The van der Waals surface area contributed by atoms with Crippen LogP contribution in [0.3, 0.4) is 0 Å². The number of hydrogen-bond acceptors (Lipinski definition) is 3. The van der Waals surface area contributed by atoms with Gasteiger partial charge < -0.3 is 10.1 Å². The minimum Gasteiger partial charge on any atom is -0.491 e. The number of hydrogen-bond donors (Lipinski definition) is 1. The summed E-state index contributed by atoms with van der Waals surface area (Å²) < 4.78 is 5.83. The van der Waals surface area contributed by atoms with E-state index >= 15 is 0 Å². The predicted octanol–water partition coefficient (Wildman–Crippen LogP) is 3.15. The van der Waals surface area contributed by atoms with Gasteiger partial charge in [-0.2, -0.15) is 0 Å². The summed E-state index contributed by atoms with van der Waals surface area (Å²) >= 11 is 0. The van der Waals surface area contributed by atoms with Crippen LogP contribution in [0.25, 0.3) is 0 Å². The Morgan fingerprint density at radius 1 is 1.35 bits per heavy atom. The van der Waals surface area contributed by atoms with Gasteiger partial charge in [0.25, 0.3) is 0 Å². The Kier molecular flexibility index (Phi) is 6.63. The first-order chi connectivity index (χ1) is 8.26. The van der Waals surface area contributed by atoms with Crippen molar-refractivity contribution in [3.05, 3.63) is 24.0 Å². The van der Waals surface area contributed by atoms with Gasteiger partial charge in [-0.1, -0.05) is 20.3 Å². The molecule has 3 heteroatoms. The number of nitrogens with zero attached hydrogens (tertiary/aromatic N) is 1. The molecule has 1 atom stereocenters. The fraction of sp³-hybridized carbons (Fsp3) is 0.643. The second-order valence-corrected chi connectivity index (χ2v) is 4.38. The molecule has 0 radical (unpaired) electrons. The molecule has 1 rings (SSSR count). The number of ether oxygens (including phenoxy) is 1. The van der Waals surface area contributed by atoms with Crippen LogP contribution in [-0.2, 0) is 6.54 Å². The minimum atomic E-state index is 0.277. The molecule has 0 aliphatic carbocycles. The maximum Gasteiger partial charge on any atom is 0.123 e. The van der Waals surface area contributed by atoms with Gasteiger partial charge in [0.05, 0.1) is 11.8 Å². The lowest BCUT2D eigenvalue weighted by Crippen LogP contribution is -2.15. The molecule has 1 aromatic rings. The highest BCUT2D eigenvalue weighted by Gasteiger charge is 2.03. The van der Waals surface area contributed by atoms with Crippen molar-refractivity contribution in [3.63, 3.8) is 0 Å². The van der Waals surface area contributed by atoms with E-state index in [9.17, 15) is 0 Å². The van der Waals surface area contributed by atoms with Crippen LogP contribution < -0.4 is 10.1 Å². The molecule has 1 unspecified atom stereocenters. The summed E-state index contributed by atoms with van der Waals surface area (Å²) in [5.41, 5.74) is 1.04. The second kappa shape index (κ2) is 8.07. The fourth-order valence-corrected chi connectivity index (χ4v) is 1.72. The highest BCUT2D eigenvalue weighted by Crippen LogP contribution is 2.14. The third kappa shape index (κ3) is 5.68. The van der Waals surface area contributed by atoms with Gasteiger partial charge in [-0.3, -0.25) is 4.98 Å². The van der Waals surface area contributed by atoms with Crippen LogP contribution in [0, 0.1) is 0 Å². The van der Waals surface area contributed by atoms with Crippen molar-refractivity contribution in [1.29, 1.82) is 0 Å². The van der Waals surface area contributed by atoms with Crippen LogP contribution in [0.4, 0.5) is 0 Å². The standard InChI is InChI=1S/C14H24N2O/c1-4-6-12(3)17-14-7-9-16-13(10-14)11-15-8-5-2/h7,9-10,12,15H,4-6,8,11H2,1-3H3. The zero-order valence-corrected chi connectivity index (χ0v) is 11.2. The fourth-order valence-electron chi connectivity index (χ4n) is 1.72. The van der Waals surface area contributed by atoms with Gasteiger partial charge in [0.2, 0.25) is 0 Å². The summed E-state index contributed by atoms with van der Waals surface area (Å²) in [7, 11) is 0. The van der Waals surface area contributed by atoms with Gasteiger partial charge in [-0.15, -0.1) is 0 Å². The Bertz CT molecular complexity index is 315. The molecule has 0 aliphatic heterocycles. The van der Waals surface area contributed by atoms with Crippen LogP contribution >= 0.6 is 0 Å². The first kappa shape index (κ1) is 14.0. The lowest BCUT2D eigenvalue weighted by Gasteiger charge is -2.14. The molecule has 0 bridgehead atoms. The van der Waals surface area contributed by atoms with Crippen molar-refractivity contribution in [2.75, 3.05) is 6.54 Å². The number of pyridine rings is 1. The molecule has 0 saturated carbocycles. The van der Waals surface area contributed by atoms with E-state index in [-0.39, 0.29) is 6.10 Å². The Hall–Kier alpha value is -1.09. The predicted molar refractivity (Wildman–Crippen MR) is 71.2 cm³/mol. The topological polar surface area (TPSA) is 34.1 Å². The molecule has 1 N–H and O–H groups in total. The third-order valence-corrected chi connectivity index (χ3v) is 2.55. The average molecular weight is 236 g/mol. The Balaban J connectivity index is 2.47. The third-order valence-electron chi connectivity index (χ3n) is 2.55. The highest BCUT2D eigenvalue weighted by molar-refractivity contribution is 5.22. The Morgan fingerprint density at radius 3 is 2.88 bits per heavy atom. The molecule has 0 saturated heterocycles.